The summed E-state index contributed by atoms with van der Waals surface area (Å²) < 4.78 is 0. The lowest BCUT2D eigenvalue weighted by Gasteiger charge is -2.40. The van der Waals surface area contributed by atoms with Gasteiger partial charge in [-0.1, -0.05) is 45.9 Å². The average molecular weight is 275 g/mol. The van der Waals surface area contributed by atoms with Crippen molar-refractivity contribution in [2.75, 3.05) is 18.0 Å². The van der Waals surface area contributed by atoms with E-state index in [1.54, 1.807) is 0 Å². The van der Waals surface area contributed by atoms with Crippen LogP contribution in [0.25, 0.3) is 0 Å². The van der Waals surface area contributed by atoms with Crippen LogP contribution in [0.3, 0.4) is 0 Å². The standard InChI is InChI=1S/C18H29NO/c1-5-17(20)15-8-6-7-9-16(15)19-12-10-14(11-13-19)18(2,3)4/h6-9,14,17,20H,5,10-13H2,1-4H3/t17-/m0/s1. The topological polar surface area (TPSA) is 23.5 Å². The van der Waals surface area contributed by atoms with Crippen LogP contribution in [0.5, 0.6) is 0 Å². The van der Waals surface area contributed by atoms with Gasteiger partial charge in [0, 0.05) is 24.3 Å². The first kappa shape index (κ1) is 15.4. The summed E-state index contributed by atoms with van der Waals surface area (Å²) in [6.45, 7) is 11.3. The Labute approximate surface area is 123 Å². The van der Waals surface area contributed by atoms with Crippen LogP contribution in [0.1, 0.15) is 58.6 Å². The molecular weight excluding hydrogens is 246 g/mol. The van der Waals surface area contributed by atoms with Crippen molar-refractivity contribution in [3.63, 3.8) is 0 Å². The molecule has 0 spiro atoms. The Hall–Kier alpha value is -1.02. The Balaban J connectivity index is 2.11. The van der Waals surface area contributed by atoms with E-state index in [0.717, 1.165) is 31.0 Å². The Morgan fingerprint density at radius 1 is 1.20 bits per heavy atom. The number of hydrogen-bond acceptors (Lipinski definition) is 2. The summed E-state index contributed by atoms with van der Waals surface area (Å²) in [7, 11) is 0. The van der Waals surface area contributed by atoms with Crippen LogP contribution in [0.4, 0.5) is 5.69 Å². The number of nitrogens with zero attached hydrogens (tertiary/aromatic N) is 1. The molecule has 0 bridgehead atoms. The van der Waals surface area contributed by atoms with Crippen LogP contribution in [0.2, 0.25) is 0 Å². The van der Waals surface area contributed by atoms with E-state index in [4.69, 9.17) is 0 Å². The maximum atomic E-state index is 10.2. The smallest absolute Gasteiger partial charge is 0.0807 e. The van der Waals surface area contributed by atoms with Crippen LogP contribution in [0, 0.1) is 11.3 Å². The highest BCUT2D eigenvalue weighted by Crippen LogP contribution is 2.37. The monoisotopic (exact) mass is 275 g/mol. The van der Waals surface area contributed by atoms with Crippen molar-refractivity contribution in [3.05, 3.63) is 29.8 Å². The van der Waals surface area contributed by atoms with Gasteiger partial charge < -0.3 is 10.0 Å². The molecule has 0 aromatic heterocycles. The van der Waals surface area contributed by atoms with Crippen LogP contribution in [0.15, 0.2) is 24.3 Å². The fourth-order valence-electron chi connectivity index (χ4n) is 3.26. The van der Waals surface area contributed by atoms with Crippen molar-refractivity contribution in [2.45, 2.75) is 53.1 Å². The van der Waals surface area contributed by atoms with Gasteiger partial charge in [-0.25, -0.2) is 0 Å². The van der Waals surface area contributed by atoms with Gasteiger partial charge >= 0.3 is 0 Å². The molecule has 1 saturated heterocycles. The minimum absolute atomic E-state index is 0.341. The summed E-state index contributed by atoms with van der Waals surface area (Å²) in [5, 5.41) is 10.2. The third kappa shape index (κ3) is 3.35. The minimum atomic E-state index is -0.341. The maximum absolute atomic E-state index is 10.2. The summed E-state index contributed by atoms with van der Waals surface area (Å²) in [5.74, 6) is 0.807. The zero-order chi connectivity index (χ0) is 14.8. The summed E-state index contributed by atoms with van der Waals surface area (Å²) in [5.41, 5.74) is 2.73. The normalized spacial score (nSPS) is 19.1. The Morgan fingerprint density at radius 2 is 1.80 bits per heavy atom. The first-order chi connectivity index (χ1) is 9.43. The molecule has 1 aliphatic heterocycles. The summed E-state index contributed by atoms with van der Waals surface area (Å²) in [4.78, 5) is 2.45. The predicted molar refractivity (Wildman–Crippen MR) is 86.1 cm³/mol. The third-order valence-electron chi connectivity index (χ3n) is 4.74. The molecule has 2 rings (SSSR count). The highest BCUT2D eigenvalue weighted by Gasteiger charge is 2.29. The van der Waals surface area contributed by atoms with Gasteiger partial charge in [0.25, 0.3) is 0 Å². The molecule has 1 aromatic rings. The van der Waals surface area contributed by atoms with Crippen LogP contribution in [-0.2, 0) is 0 Å². The number of para-hydroxylation sites is 1. The molecule has 2 nitrogen and oxygen atoms in total. The van der Waals surface area contributed by atoms with E-state index in [0.29, 0.717) is 5.41 Å². The van der Waals surface area contributed by atoms with Crippen molar-refractivity contribution >= 4 is 5.69 Å². The third-order valence-corrected chi connectivity index (χ3v) is 4.74. The second-order valence-electron chi connectivity index (χ2n) is 7.11. The molecule has 0 aliphatic carbocycles. The van der Waals surface area contributed by atoms with E-state index in [1.165, 1.54) is 18.5 Å². The van der Waals surface area contributed by atoms with Gasteiger partial charge in [0.05, 0.1) is 6.10 Å². The molecule has 0 saturated carbocycles. The number of benzene rings is 1. The van der Waals surface area contributed by atoms with Crippen LogP contribution >= 0.6 is 0 Å². The summed E-state index contributed by atoms with van der Waals surface area (Å²) in [6, 6.07) is 8.33. The number of piperidine rings is 1. The zero-order valence-corrected chi connectivity index (χ0v) is 13.4. The number of hydrogen-bond donors (Lipinski definition) is 1. The lowest BCUT2D eigenvalue weighted by molar-refractivity contribution is 0.173. The lowest BCUT2D eigenvalue weighted by Crippen LogP contribution is -2.38. The minimum Gasteiger partial charge on any atom is -0.388 e. The van der Waals surface area contributed by atoms with Crippen LogP contribution in [-0.4, -0.2) is 18.2 Å². The van der Waals surface area contributed by atoms with Crippen molar-refractivity contribution in [1.82, 2.24) is 0 Å². The fraction of sp³-hybridized carbons (Fsp3) is 0.667. The second kappa shape index (κ2) is 6.17. The molecule has 1 heterocycles. The first-order valence-electron chi connectivity index (χ1n) is 7.95. The number of anilines is 1. The van der Waals surface area contributed by atoms with Gasteiger partial charge in [0.2, 0.25) is 0 Å². The molecule has 0 unspecified atom stereocenters. The van der Waals surface area contributed by atoms with E-state index in [-0.39, 0.29) is 6.10 Å². The second-order valence-corrected chi connectivity index (χ2v) is 7.11. The highest BCUT2D eigenvalue weighted by atomic mass is 16.3. The molecule has 0 amide bonds. The molecule has 1 fully saturated rings. The SMILES string of the molecule is CC[C@H](O)c1ccccc1N1CCC(C(C)(C)C)CC1. The molecule has 1 atom stereocenters. The molecule has 1 N–H and O–H groups in total. The van der Waals surface area contributed by atoms with Crippen molar-refractivity contribution in [1.29, 1.82) is 0 Å². The molecule has 1 aromatic carbocycles. The number of aliphatic hydroxyl groups is 1. The Kier molecular flexibility index (Phi) is 4.74. The largest absolute Gasteiger partial charge is 0.388 e. The molecule has 112 valence electrons. The predicted octanol–water partition coefficient (Wildman–Crippen LogP) is 4.39. The van der Waals surface area contributed by atoms with Gasteiger partial charge in [-0.2, -0.15) is 0 Å². The van der Waals surface area contributed by atoms with Gasteiger partial charge in [0.1, 0.15) is 0 Å². The molecule has 20 heavy (non-hydrogen) atoms. The van der Waals surface area contributed by atoms with E-state index in [9.17, 15) is 5.11 Å². The molecular formula is C18H29NO. The first-order valence-corrected chi connectivity index (χ1v) is 7.95. The van der Waals surface area contributed by atoms with E-state index in [1.807, 2.05) is 13.0 Å². The highest BCUT2D eigenvalue weighted by molar-refractivity contribution is 5.55. The van der Waals surface area contributed by atoms with Crippen molar-refractivity contribution in [3.8, 4) is 0 Å². The van der Waals surface area contributed by atoms with Gasteiger partial charge in [-0.15, -0.1) is 0 Å². The van der Waals surface area contributed by atoms with E-state index >= 15 is 0 Å². The van der Waals surface area contributed by atoms with Gasteiger partial charge in [-0.05, 0) is 36.7 Å². The van der Waals surface area contributed by atoms with E-state index < -0.39 is 0 Å². The maximum Gasteiger partial charge on any atom is 0.0807 e. The zero-order valence-electron chi connectivity index (χ0n) is 13.4. The van der Waals surface area contributed by atoms with Gasteiger partial charge in [0.15, 0.2) is 0 Å². The molecule has 2 heteroatoms. The molecule has 0 radical (unpaired) electrons. The Bertz CT molecular complexity index is 427. The van der Waals surface area contributed by atoms with Crippen molar-refractivity contribution < 1.29 is 5.11 Å². The number of aliphatic hydroxyl groups excluding tert-OH is 1. The summed E-state index contributed by atoms with van der Waals surface area (Å²) >= 11 is 0. The number of rotatable bonds is 3. The quantitative estimate of drug-likeness (QED) is 0.884. The summed E-state index contributed by atoms with van der Waals surface area (Å²) in [6.07, 6.45) is 2.93. The van der Waals surface area contributed by atoms with Gasteiger partial charge in [-0.3, -0.25) is 0 Å². The Morgan fingerprint density at radius 3 is 2.35 bits per heavy atom. The lowest BCUT2D eigenvalue weighted by atomic mass is 9.75. The fourth-order valence-corrected chi connectivity index (χ4v) is 3.26. The van der Waals surface area contributed by atoms with Crippen LogP contribution < -0.4 is 4.90 Å². The average Bonchev–Trinajstić information content (AvgIpc) is 2.45. The van der Waals surface area contributed by atoms with E-state index in [2.05, 4.69) is 43.9 Å². The van der Waals surface area contributed by atoms with Crippen molar-refractivity contribution in [2.24, 2.45) is 11.3 Å². The molecule has 1 aliphatic rings.